The van der Waals surface area contributed by atoms with Crippen molar-refractivity contribution in [1.82, 2.24) is 4.98 Å². The summed E-state index contributed by atoms with van der Waals surface area (Å²) in [6.45, 7) is 2.10. The summed E-state index contributed by atoms with van der Waals surface area (Å²) in [7, 11) is 0. The minimum Gasteiger partial charge on any atom is -0.226 e. The van der Waals surface area contributed by atoms with Crippen molar-refractivity contribution < 1.29 is 0 Å². The Hall–Kier alpha value is -2.18. The molecule has 2 aromatic heterocycles. The zero-order valence-corrected chi connectivity index (χ0v) is 13.3. The molecular weight excluding hydrogens is 288 g/mol. The van der Waals surface area contributed by atoms with Gasteiger partial charge in [-0.1, -0.05) is 29.8 Å². The van der Waals surface area contributed by atoms with Crippen molar-refractivity contribution in [2.75, 3.05) is 0 Å². The third kappa shape index (κ3) is 2.12. The fourth-order valence-electron chi connectivity index (χ4n) is 3.28. The van der Waals surface area contributed by atoms with Gasteiger partial charge in [0.15, 0.2) is 0 Å². The minimum atomic E-state index is 0.515. The molecular formula is C19H16N2S. The fourth-order valence-corrected chi connectivity index (χ4v) is 4.56. The Morgan fingerprint density at radius 2 is 1.91 bits per heavy atom. The Bertz CT molecular complexity index is 898. The number of fused-ring (bicyclic) bond motifs is 3. The Morgan fingerprint density at radius 3 is 2.68 bits per heavy atom. The second-order valence-electron chi connectivity index (χ2n) is 5.92. The predicted octanol–water partition coefficient (Wildman–Crippen LogP) is 5.02. The van der Waals surface area contributed by atoms with Gasteiger partial charge in [0.25, 0.3) is 0 Å². The summed E-state index contributed by atoms with van der Waals surface area (Å²) >= 11 is 1.78. The summed E-state index contributed by atoms with van der Waals surface area (Å²) < 4.78 is 0. The number of thiophene rings is 1. The number of aromatic nitrogens is 1. The van der Waals surface area contributed by atoms with Gasteiger partial charge >= 0.3 is 0 Å². The molecule has 2 heterocycles. The second-order valence-corrected chi connectivity index (χ2v) is 7.01. The van der Waals surface area contributed by atoms with Crippen molar-refractivity contribution in [1.29, 1.82) is 5.26 Å². The molecule has 0 saturated heterocycles. The van der Waals surface area contributed by atoms with Gasteiger partial charge in [0.2, 0.25) is 0 Å². The highest BCUT2D eigenvalue weighted by Gasteiger charge is 2.20. The molecule has 1 aromatic carbocycles. The first kappa shape index (κ1) is 13.5. The molecule has 2 nitrogen and oxygen atoms in total. The lowest BCUT2D eigenvalue weighted by atomic mass is 9.92. The van der Waals surface area contributed by atoms with Crippen molar-refractivity contribution in [3.63, 3.8) is 0 Å². The van der Waals surface area contributed by atoms with Gasteiger partial charge in [0, 0.05) is 10.3 Å². The van der Waals surface area contributed by atoms with Crippen LogP contribution < -0.4 is 0 Å². The van der Waals surface area contributed by atoms with Gasteiger partial charge < -0.3 is 0 Å². The van der Waals surface area contributed by atoms with E-state index in [-0.39, 0.29) is 0 Å². The van der Waals surface area contributed by atoms with Crippen LogP contribution in [0.3, 0.4) is 0 Å². The fraction of sp³-hybridized carbons (Fsp3) is 0.263. The lowest BCUT2D eigenvalue weighted by Crippen LogP contribution is -1.99. The molecule has 0 bridgehead atoms. The van der Waals surface area contributed by atoms with E-state index in [1.54, 1.807) is 11.3 Å². The van der Waals surface area contributed by atoms with Crippen LogP contribution in [-0.2, 0) is 12.8 Å². The van der Waals surface area contributed by atoms with E-state index < -0.39 is 0 Å². The molecule has 0 atom stereocenters. The van der Waals surface area contributed by atoms with E-state index in [9.17, 15) is 5.26 Å². The first-order valence-corrected chi connectivity index (χ1v) is 8.50. The van der Waals surface area contributed by atoms with Gasteiger partial charge in [-0.2, -0.15) is 5.26 Å². The molecule has 0 fully saturated rings. The summed E-state index contributed by atoms with van der Waals surface area (Å²) in [4.78, 5) is 7.06. The topological polar surface area (TPSA) is 36.7 Å². The van der Waals surface area contributed by atoms with Crippen LogP contribution in [0.1, 0.15) is 34.5 Å². The standard InChI is InChI=1S/C19H16N2S/c1-12-6-8-13(9-7-12)16-10-14(11-20)21-19-18(16)15-4-2-3-5-17(15)22-19/h6-10H,2-5H2,1H3. The second kappa shape index (κ2) is 5.23. The van der Waals surface area contributed by atoms with Gasteiger partial charge in [-0.3, -0.25) is 0 Å². The Labute approximate surface area is 134 Å². The van der Waals surface area contributed by atoms with Crippen molar-refractivity contribution in [2.24, 2.45) is 0 Å². The average molecular weight is 304 g/mol. The van der Waals surface area contributed by atoms with Gasteiger partial charge in [0.1, 0.15) is 16.6 Å². The van der Waals surface area contributed by atoms with E-state index in [4.69, 9.17) is 0 Å². The van der Waals surface area contributed by atoms with Crippen LogP contribution in [0.4, 0.5) is 0 Å². The maximum atomic E-state index is 9.31. The highest BCUT2D eigenvalue weighted by atomic mass is 32.1. The Balaban J connectivity index is 2.05. The normalized spacial score (nSPS) is 13.8. The molecule has 3 heteroatoms. The van der Waals surface area contributed by atoms with E-state index >= 15 is 0 Å². The van der Waals surface area contributed by atoms with Crippen molar-refractivity contribution >= 4 is 21.6 Å². The number of nitrogens with zero attached hydrogens (tertiary/aromatic N) is 2. The number of hydrogen-bond acceptors (Lipinski definition) is 3. The van der Waals surface area contributed by atoms with Crippen LogP contribution in [0, 0.1) is 18.3 Å². The zero-order valence-electron chi connectivity index (χ0n) is 12.5. The van der Waals surface area contributed by atoms with Gasteiger partial charge in [-0.05, 0) is 55.4 Å². The lowest BCUT2D eigenvalue weighted by molar-refractivity contribution is 0.700. The summed E-state index contributed by atoms with van der Waals surface area (Å²) in [5.41, 5.74) is 5.59. The van der Waals surface area contributed by atoms with Crippen LogP contribution in [0.15, 0.2) is 30.3 Å². The third-order valence-corrected chi connectivity index (χ3v) is 5.59. The van der Waals surface area contributed by atoms with Crippen LogP contribution >= 0.6 is 11.3 Å². The van der Waals surface area contributed by atoms with Crippen molar-refractivity contribution in [3.05, 3.63) is 52.0 Å². The van der Waals surface area contributed by atoms with Gasteiger partial charge in [-0.25, -0.2) is 4.98 Å². The molecule has 3 aromatic rings. The lowest BCUT2D eigenvalue weighted by Gasteiger charge is -2.12. The smallest absolute Gasteiger partial charge is 0.142 e. The quantitative estimate of drug-likeness (QED) is 0.632. The van der Waals surface area contributed by atoms with Crippen LogP contribution in [-0.4, -0.2) is 4.98 Å². The minimum absolute atomic E-state index is 0.515. The molecule has 0 N–H and O–H groups in total. The highest BCUT2D eigenvalue weighted by Crippen LogP contribution is 2.41. The molecule has 1 aliphatic rings. The van der Waals surface area contributed by atoms with Crippen LogP contribution in [0.25, 0.3) is 21.3 Å². The molecule has 0 unspecified atom stereocenters. The van der Waals surface area contributed by atoms with E-state index in [1.807, 2.05) is 6.07 Å². The van der Waals surface area contributed by atoms with Crippen molar-refractivity contribution in [3.8, 4) is 17.2 Å². The van der Waals surface area contributed by atoms with E-state index in [2.05, 4.69) is 42.2 Å². The molecule has 0 saturated carbocycles. The maximum Gasteiger partial charge on any atom is 0.142 e. The number of hydrogen-bond donors (Lipinski definition) is 0. The number of nitriles is 1. The number of aryl methyl sites for hydroxylation is 3. The third-order valence-electron chi connectivity index (χ3n) is 4.40. The van der Waals surface area contributed by atoms with Gasteiger partial charge in [0.05, 0.1) is 0 Å². The van der Waals surface area contributed by atoms with Crippen LogP contribution in [0.2, 0.25) is 0 Å². The zero-order chi connectivity index (χ0) is 15.1. The summed E-state index contributed by atoms with van der Waals surface area (Å²) in [6.07, 6.45) is 4.82. The predicted molar refractivity (Wildman–Crippen MR) is 91.2 cm³/mol. The largest absolute Gasteiger partial charge is 0.226 e. The molecule has 22 heavy (non-hydrogen) atoms. The van der Waals surface area contributed by atoms with E-state index in [1.165, 1.54) is 45.4 Å². The SMILES string of the molecule is Cc1ccc(-c2cc(C#N)nc3sc4c(c23)CCCC4)cc1. The molecule has 4 rings (SSSR count). The molecule has 1 aliphatic carbocycles. The maximum absolute atomic E-state index is 9.31. The summed E-state index contributed by atoms with van der Waals surface area (Å²) in [5.74, 6) is 0. The van der Waals surface area contributed by atoms with Crippen molar-refractivity contribution in [2.45, 2.75) is 32.6 Å². The Kier molecular flexibility index (Phi) is 3.20. The number of rotatable bonds is 1. The molecule has 108 valence electrons. The van der Waals surface area contributed by atoms with Gasteiger partial charge in [-0.15, -0.1) is 11.3 Å². The molecule has 0 aliphatic heterocycles. The monoisotopic (exact) mass is 304 g/mol. The first-order valence-electron chi connectivity index (χ1n) is 7.68. The number of pyridine rings is 1. The van der Waals surface area contributed by atoms with Crippen LogP contribution in [0.5, 0.6) is 0 Å². The highest BCUT2D eigenvalue weighted by molar-refractivity contribution is 7.19. The van der Waals surface area contributed by atoms with E-state index in [0.717, 1.165) is 17.7 Å². The molecule has 0 amide bonds. The summed E-state index contributed by atoms with van der Waals surface area (Å²) in [5, 5.41) is 10.6. The summed E-state index contributed by atoms with van der Waals surface area (Å²) in [6, 6.07) is 12.7. The first-order chi connectivity index (χ1) is 10.8. The number of benzene rings is 1. The molecule has 0 spiro atoms. The average Bonchev–Trinajstić information content (AvgIpc) is 2.93. The Morgan fingerprint density at radius 1 is 1.14 bits per heavy atom. The molecule has 0 radical (unpaired) electrons. The van der Waals surface area contributed by atoms with E-state index in [0.29, 0.717) is 5.69 Å².